The van der Waals surface area contributed by atoms with E-state index in [1.807, 2.05) is 42.5 Å². The van der Waals surface area contributed by atoms with Crippen LogP contribution in [0, 0.1) is 0 Å². The van der Waals surface area contributed by atoms with Crippen molar-refractivity contribution in [3.63, 3.8) is 0 Å². The van der Waals surface area contributed by atoms with E-state index in [0.29, 0.717) is 4.99 Å². The van der Waals surface area contributed by atoms with Crippen molar-refractivity contribution < 1.29 is 4.74 Å². The van der Waals surface area contributed by atoms with Crippen molar-refractivity contribution in [2.24, 2.45) is 5.73 Å². The summed E-state index contributed by atoms with van der Waals surface area (Å²) in [5.74, 6) is 0.748. The van der Waals surface area contributed by atoms with Gasteiger partial charge in [0.1, 0.15) is 10.7 Å². The highest BCUT2D eigenvalue weighted by Crippen LogP contribution is 2.27. The summed E-state index contributed by atoms with van der Waals surface area (Å²) in [7, 11) is 1.62. The average Bonchev–Trinajstić information content (AvgIpc) is 2.38. The van der Waals surface area contributed by atoms with Crippen LogP contribution in [-0.2, 0) is 0 Å². The van der Waals surface area contributed by atoms with E-state index in [4.69, 9.17) is 22.7 Å². The third-order valence-electron chi connectivity index (χ3n) is 2.60. The lowest BCUT2D eigenvalue weighted by molar-refractivity contribution is 0.415. The van der Waals surface area contributed by atoms with Gasteiger partial charge in [-0.1, -0.05) is 34.2 Å². The highest BCUT2D eigenvalue weighted by atomic mass is 79.9. The van der Waals surface area contributed by atoms with E-state index in [0.717, 1.165) is 27.2 Å². The van der Waals surface area contributed by atoms with Crippen molar-refractivity contribution in [1.82, 2.24) is 0 Å². The molecule has 3 N–H and O–H groups in total. The van der Waals surface area contributed by atoms with Gasteiger partial charge in [0.2, 0.25) is 0 Å². The average molecular weight is 337 g/mol. The third kappa shape index (κ3) is 3.45. The normalized spacial score (nSPS) is 10.0. The zero-order chi connectivity index (χ0) is 13.8. The number of benzene rings is 2. The van der Waals surface area contributed by atoms with E-state index in [2.05, 4.69) is 21.2 Å². The number of thiocarbonyl (C=S) groups is 1. The van der Waals surface area contributed by atoms with Gasteiger partial charge in [0, 0.05) is 21.8 Å². The first-order valence-electron chi connectivity index (χ1n) is 5.60. The highest BCUT2D eigenvalue weighted by molar-refractivity contribution is 9.10. The quantitative estimate of drug-likeness (QED) is 0.833. The summed E-state index contributed by atoms with van der Waals surface area (Å²) < 4.78 is 6.22. The molecular formula is C14H13BrN2OS. The zero-order valence-corrected chi connectivity index (χ0v) is 12.7. The van der Waals surface area contributed by atoms with Crippen molar-refractivity contribution >= 4 is 44.5 Å². The molecule has 0 aliphatic carbocycles. The Morgan fingerprint density at radius 3 is 2.68 bits per heavy atom. The molecule has 19 heavy (non-hydrogen) atoms. The minimum atomic E-state index is 0.347. The summed E-state index contributed by atoms with van der Waals surface area (Å²) in [4.78, 5) is 0.347. The fraction of sp³-hybridized carbons (Fsp3) is 0.0714. The van der Waals surface area contributed by atoms with Crippen LogP contribution in [0.1, 0.15) is 5.56 Å². The van der Waals surface area contributed by atoms with Crippen LogP contribution in [0.4, 0.5) is 11.4 Å². The first-order valence-corrected chi connectivity index (χ1v) is 6.80. The lowest BCUT2D eigenvalue weighted by Gasteiger charge is -2.13. The molecule has 98 valence electrons. The van der Waals surface area contributed by atoms with Crippen LogP contribution in [-0.4, -0.2) is 12.1 Å². The number of nitrogens with two attached hydrogens (primary N) is 1. The fourth-order valence-corrected chi connectivity index (χ4v) is 2.27. The molecule has 2 aromatic carbocycles. The summed E-state index contributed by atoms with van der Waals surface area (Å²) in [6, 6.07) is 13.4. The number of rotatable bonds is 4. The Kier molecular flexibility index (Phi) is 4.39. The van der Waals surface area contributed by atoms with E-state index in [1.165, 1.54) is 0 Å². The van der Waals surface area contributed by atoms with Crippen LogP contribution >= 0.6 is 28.1 Å². The predicted octanol–water partition coefficient (Wildman–Crippen LogP) is 3.84. The topological polar surface area (TPSA) is 47.3 Å². The zero-order valence-electron chi connectivity index (χ0n) is 10.3. The maximum atomic E-state index is 5.73. The lowest BCUT2D eigenvalue weighted by atomic mass is 10.1. The minimum absolute atomic E-state index is 0.347. The van der Waals surface area contributed by atoms with Gasteiger partial charge in [-0.15, -0.1) is 0 Å². The molecule has 0 amide bonds. The maximum absolute atomic E-state index is 5.73. The Hall–Kier alpha value is -1.59. The van der Waals surface area contributed by atoms with Gasteiger partial charge in [-0.2, -0.15) is 0 Å². The van der Waals surface area contributed by atoms with Gasteiger partial charge in [-0.3, -0.25) is 0 Å². The van der Waals surface area contributed by atoms with Crippen molar-refractivity contribution in [3.05, 3.63) is 52.5 Å². The van der Waals surface area contributed by atoms with Crippen LogP contribution < -0.4 is 15.8 Å². The lowest BCUT2D eigenvalue weighted by Crippen LogP contribution is -2.12. The SMILES string of the molecule is COc1ccc(C(N)=S)c(Nc2cccc(Br)c2)c1. The van der Waals surface area contributed by atoms with Crippen molar-refractivity contribution in [2.45, 2.75) is 0 Å². The third-order valence-corrected chi connectivity index (χ3v) is 3.31. The predicted molar refractivity (Wildman–Crippen MR) is 86.3 cm³/mol. The molecule has 0 saturated heterocycles. The van der Waals surface area contributed by atoms with Crippen LogP contribution in [0.15, 0.2) is 46.9 Å². The fourth-order valence-electron chi connectivity index (χ4n) is 1.69. The van der Waals surface area contributed by atoms with Crippen molar-refractivity contribution in [3.8, 4) is 5.75 Å². The number of hydrogen-bond donors (Lipinski definition) is 2. The molecule has 0 aliphatic rings. The Bertz CT molecular complexity index is 616. The second kappa shape index (κ2) is 6.04. The van der Waals surface area contributed by atoms with Gasteiger partial charge in [0.05, 0.1) is 12.8 Å². The molecule has 0 aliphatic heterocycles. The number of nitrogens with one attached hydrogen (secondary N) is 1. The maximum Gasteiger partial charge on any atom is 0.120 e. The molecular weight excluding hydrogens is 324 g/mol. The molecule has 0 fully saturated rings. The van der Waals surface area contributed by atoms with Gasteiger partial charge in [-0.25, -0.2) is 0 Å². The van der Waals surface area contributed by atoms with Gasteiger partial charge in [-0.05, 0) is 30.3 Å². The van der Waals surface area contributed by atoms with Gasteiger partial charge >= 0.3 is 0 Å². The van der Waals surface area contributed by atoms with Crippen LogP contribution in [0.25, 0.3) is 0 Å². The molecule has 0 bridgehead atoms. The minimum Gasteiger partial charge on any atom is -0.497 e. The second-order valence-corrected chi connectivity index (χ2v) is 5.27. The summed E-state index contributed by atoms with van der Waals surface area (Å²) in [6.45, 7) is 0. The van der Waals surface area contributed by atoms with Crippen molar-refractivity contribution in [2.75, 3.05) is 12.4 Å². The molecule has 5 heteroatoms. The Morgan fingerprint density at radius 2 is 2.05 bits per heavy atom. The first-order chi connectivity index (χ1) is 9.10. The van der Waals surface area contributed by atoms with E-state index in [9.17, 15) is 0 Å². The number of halogens is 1. The molecule has 2 aromatic rings. The molecule has 0 atom stereocenters. The molecule has 3 nitrogen and oxygen atoms in total. The standard InChI is InChI=1S/C14H13BrN2OS/c1-18-11-5-6-12(14(16)19)13(8-11)17-10-4-2-3-9(15)7-10/h2-8,17H,1H3,(H2,16,19). The summed E-state index contributed by atoms with van der Waals surface area (Å²) in [5, 5.41) is 3.29. The summed E-state index contributed by atoms with van der Waals surface area (Å²) in [6.07, 6.45) is 0. The molecule has 0 radical (unpaired) electrons. The first kappa shape index (κ1) is 13.8. The summed E-state index contributed by atoms with van der Waals surface area (Å²) >= 11 is 8.49. The number of methoxy groups -OCH3 is 1. The number of ether oxygens (including phenoxy) is 1. The Labute approximate surface area is 125 Å². The van der Waals surface area contributed by atoms with E-state index < -0.39 is 0 Å². The Balaban J connectivity index is 2.39. The Morgan fingerprint density at radius 1 is 1.26 bits per heavy atom. The highest BCUT2D eigenvalue weighted by Gasteiger charge is 2.07. The second-order valence-electron chi connectivity index (χ2n) is 3.91. The van der Waals surface area contributed by atoms with Gasteiger partial charge in [0.25, 0.3) is 0 Å². The smallest absolute Gasteiger partial charge is 0.120 e. The van der Waals surface area contributed by atoms with E-state index >= 15 is 0 Å². The molecule has 0 saturated carbocycles. The largest absolute Gasteiger partial charge is 0.497 e. The van der Waals surface area contributed by atoms with Gasteiger partial charge < -0.3 is 15.8 Å². The number of hydrogen-bond acceptors (Lipinski definition) is 3. The van der Waals surface area contributed by atoms with Crippen LogP contribution in [0.5, 0.6) is 5.75 Å². The molecule has 0 unspecified atom stereocenters. The van der Waals surface area contributed by atoms with E-state index in [1.54, 1.807) is 7.11 Å². The summed E-state index contributed by atoms with van der Waals surface area (Å²) in [5.41, 5.74) is 8.29. The van der Waals surface area contributed by atoms with Gasteiger partial charge in [0.15, 0.2) is 0 Å². The van der Waals surface area contributed by atoms with Crippen LogP contribution in [0.3, 0.4) is 0 Å². The van der Waals surface area contributed by atoms with Crippen LogP contribution in [0.2, 0.25) is 0 Å². The number of anilines is 2. The molecule has 2 rings (SSSR count). The monoisotopic (exact) mass is 336 g/mol. The molecule has 0 heterocycles. The van der Waals surface area contributed by atoms with Crippen molar-refractivity contribution in [1.29, 1.82) is 0 Å². The van der Waals surface area contributed by atoms with E-state index in [-0.39, 0.29) is 0 Å². The molecule has 0 spiro atoms. The molecule has 0 aromatic heterocycles.